The summed E-state index contributed by atoms with van der Waals surface area (Å²) in [5.41, 5.74) is 0. The first-order valence-corrected chi connectivity index (χ1v) is 24.9. The molecule has 4 atom stereocenters. The minimum Gasteiger partial charge on any atom is -0.481 e. The lowest BCUT2D eigenvalue weighted by Gasteiger charge is -2.15. The molecule has 0 aromatic rings. The van der Waals surface area contributed by atoms with Crippen molar-refractivity contribution in [1.82, 2.24) is 16.0 Å². The molecule has 7 N–H and O–H groups in total. The average molecular weight is 972 g/mol. The lowest BCUT2D eigenvalue weighted by molar-refractivity contribution is -0.145. The van der Waals surface area contributed by atoms with E-state index < -0.39 is 66.6 Å². The van der Waals surface area contributed by atoms with Crippen molar-refractivity contribution in [3.63, 3.8) is 0 Å². The number of carbonyl (C=O) groups is 10. The van der Waals surface area contributed by atoms with Crippen LogP contribution in [0.2, 0.25) is 0 Å². The maximum atomic E-state index is 12.6. The quantitative estimate of drug-likeness (QED) is 0.0316. The fourth-order valence-electron chi connectivity index (χ4n) is 7.28. The van der Waals surface area contributed by atoms with E-state index in [4.69, 9.17) is 14.6 Å². The SMILES string of the molecule is CC(=O)[C@@H](C)CCCCNC(=O)CC[C@H](CC(=O)CC[C@H](NC(=O)COCCOCCCC(=O)CC[C@H](NC(=O)CCCCCCCCCCCCCCCCC(=O)O)C(=O)O)C(=O)O)C(=O)O.[HH]. The third-order valence-corrected chi connectivity index (χ3v) is 11.7. The van der Waals surface area contributed by atoms with Gasteiger partial charge in [0, 0.05) is 65.4 Å². The monoisotopic (exact) mass is 972 g/mol. The number of rotatable bonds is 48. The number of hydrogen-bond donors (Lipinski definition) is 7. The number of aliphatic carboxylic acids is 4. The van der Waals surface area contributed by atoms with E-state index in [9.17, 15) is 63.3 Å². The second kappa shape index (κ2) is 41.2. The van der Waals surface area contributed by atoms with Crippen molar-refractivity contribution < 1.29 is 79.3 Å². The maximum Gasteiger partial charge on any atom is 0.326 e. The predicted molar refractivity (Wildman–Crippen MR) is 254 cm³/mol. The molecule has 3 amide bonds. The summed E-state index contributed by atoms with van der Waals surface area (Å²) in [7, 11) is 0. The molecule has 0 unspecified atom stereocenters. The number of ether oxygens (including phenoxy) is 2. The fourth-order valence-corrected chi connectivity index (χ4v) is 7.28. The second-order valence-corrected chi connectivity index (χ2v) is 17.8. The number of carboxylic acids is 4. The highest BCUT2D eigenvalue weighted by Gasteiger charge is 2.26. The largest absolute Gasteiger partial charge is 0.481 e. The van der Waals surface area contributed by atoms with Crippen LogP contribution in [0.15, 0.2) is 0 Å². The molecule has 0 spiro atoms. The van der Waals surface area contributed by atoms with Gasteiger partial charge in [-0.05, 0) is 58.3 Å². The second-order valence-electron chi connectivity index (χ2n) is 17.8. The van der Waals surface area contributed by atoms with E-state index in [1.807, 2.05) is 6.92 Å². The molecule has 0 rings (SSSR count). The van der Waals surface area contributed by atoms with Gasteiger partial charge in [-0.15, -0.1) is 0 Å². The van der Waals surface area contributed by atoms with Crippen molar-refractivity contribution in [2.75, 3.05) is 33.0 Å². The normalized spacial score (nSPS) is 12.9. The van der Waals surface area contributed by atoms with Crippen molar-refractivity contribution >= 4 is 58.9 Å². The Morgan fingerprint density at radius 2 is 0.956 bits per heavy atom. The Kier molecular flexibility index (Phi) is 38.3. The average Bonchev–Trinajstić information content (AvgIpc) is 3.27. The van der Waals surface area contributed by atoms with Crippen LogP contribution < -0.4 is 16.0 Å². The molecule has 0 saturated heterocycles. The molecule has 19 heteroatoms. The molecule has 0 aliphatic carbocycles. The first kappa shape index (κ1) is 63.2. The third-order valence-electron chi connectivity index (χ3n) is 11.7. The minimum absolute atomic E-state index is 0. The zero-order valence-electron chi connectivity index (χ0n) is 40.8. The van der Waals surface area contributed by atoms with Crippen LogP contribution in [0.5, 0.6) is 0 Å². The van der Waals surface area contributed by atoms with Crippen molar-refractivity contribution in [2.45, 2.75) is 206 Å². The Balaban J connectivity index is 0. The van der Waals surface area contributed by atoms with Crippen LogP contribution in [0.25, 0.3) is 0 Å². The molecule has 19 nitrogen and oxygen atoms in total. The van der Waals surface area contributed by atoms with Gasteiger partial charge in [0.05, 0.1) is 19.1 Å². The number of nitrogens with one attached hydrogen (secondary N) is 3. The lowest BCUT2D eigenvalue weighted by Crippen LogP contribution is -2.42. The number of carbonyl (C=O) groups excluding carboxylic acids is 6. The Morgan fingerprint density at radius 1 is 0.456 bits per heavy atom. The van der Waals surface area contributed by atoms with Gasteiger partial charge in [-0.25, -0.2) is 9.59 Å². The topological polar surface area (TPSA) is 306 Å². The number of carboxylic acid groups (broad SMARTS) is 4. The Labute approximate surface area is 403 Å². The van der Waals surface area contributed by atoms with Crippen molar-refractivity contribution in [3.05, 3.63) is 0 Å². The molecule has 392 valence electrons. The van der Waals surface area contributed by atoms with E-state index in [1.165, 1.54) is 39.0 Å². The summed E-state index contributed by atoms with van der Waals surface area (Å²) in [6.45, 7) is 3.50. The fraction of sp³-hybridized carbons (Fsp3) is 0.796. The molecule has 0 aliphatic rings. The number of unbranched alkanes of at least 4 members (excludes halogenated alkanes) is 14. The molecule has 0 heterocycles. The van der Waals surface area contributed by atoms with E-state index in [0.717, 1.165) is 57.8 Å². The van der Waals surface area contributed by atoms with Crippen LogP contribution >= 0.6 is 0 Å². The first-order valence-electron chi connectivity index (χ1n) is 24.9. The van der Waals surface area contributed by atoms with Crippen LogP contribution in [0.1, 0.15) is 195 Å². The maximum absolute atomic E-state index is 12.6. The molecule has 0 aromatic carbocycles. The summed E-state index contributed by atoms with van der Waals surface area (Å²) in [5, 5.41) is 44.8. The molecular formula is C49H85N3O16. The number of amides is 3. The van der Waals surface area contributed by atoms with Crippen molar-refractivity contribution in [1.29, 1.82) is 0 Å². The highest BCUT2D eigenvalue weighted by molar-refractivity contribution is 5.87. The van der Waals surface area contributed by atoms with E-state index >= 15 is 0 Å². The smallest absolute Gasteiger partial charge is 0.326 e. The Morgan fingerprint density at radius 3 is 1.47 bits per heavy atom. The van der Waals surface area contributed by atoms with Gasteiger partial charge in [0.2, 0.25) is 17.7 Å². The van der Waals surface area contributed by atoms with Crippen LogP contribution in [0.4, 0.5) is 0 Å². The molecule has 0 aliphatic heterocycles. The predicted octanol–water partition coefficient (Wildman–Crippen LogP) is 6.59. The summed E-state index contributed by atoms with van der Waals surface area (Å²) in [4.78, 5) is 119. The van der Waals surface area contributed by atoms with E-state index in [-0.39, 0.29) is 108 Å². The van der Waals surface area contributed by atoms with Gasteiger partial charge in [0.15, 0.2) is 0 Å². The minimum atomic E-state index is -1.43. The zero-order chi connectivity index (χ0) is 51.0. The van der Waals surface area contributed by atoms with Gasteiger partial charge < -0.3 is 45.9 Å². The molecule has 0 bridgehead atoms. The van der Waals surface area contributed by atoms with E-state index in [0.29, 0.717) is 32.2 Å². The van der Waals surface area contributed by atoms with Crippen LogP contribution in [0, 0.1) is 11.8 Å². The molecular weight excluding hydrogens is 887 g/mol. The van der Waals surface area contributed by atoms with Crippen LogP contribution in [-0.2, 0) is 57.4 Å². The zero-order valence-corrected chi connectivity index (χ0v) is 40.8. The number of hydrogen-bond acceptors (Lipinski definition) is 12. The molecule has 0 radical (unpaired) electrons. The number of ketones is 3. The van der Waals surface area contributed by atoms with Crippen molar-refractivity contribution in [2.24, 2.45) is 11.8 Å². The Hall–Kier alpha value is -4.78. The summed E-state index contributed by atoms with van der Waals surface area (Å²) in [6, 6.07) is -2.59. The van der Waals surface area contributed by atoms with Gasteiger partial charge >= 0.3 is 23.9 Å². The molecule has 68 heavy (non-hydrogen) atoms. The molecule has 0 aromatic heterocycles. The summed E-state index contributed by atoms with van der Waals surface area (Å²) in [5.74, 6) is -7.84. The van der Waals surface area contributed by atoms with Gasteiger partial charge in [0.1, 0.15) is 36.0 Å². The van der Waals surface area contributed by atoms with Crippen molar-refractivity contribution in [3.8, 4) is 0 Å². The van der Waals surface area contributed by atoms with Gasteiger partial charge in [-0.3, -0.25) is 38.4 Å². The van der Waals surface area contributed by atoms with Crippen LogP contribution in [0.3, 0.4) is 0 Å². The highest BCUT2D eigenvalue weighted by atomic mass is 16.5. The van der Waals surface area contributed by atoms with Gasteiger partial charge in [0.25, 0.3) is 0 Å². The lowest BCUT2D eigenvalue weighted by atomic mass is 9.94. The van der Waals surface area contributed by atoms with Crippen LogP contribution in [-0.4, -0.2) is 124 Å². The standard InChI is InChI=1S/C49H83N3O16.H2/c1-36(37(2)53)20-17-18-30-50-43(56)29-24-38(47(61)62)34-40(55)26-28-42(49(65)66)52-45(58)35-68-33-32-67-31-19-21-39(54)25-27-41(48(63)64)51-44(57)22-15-13-11-9-7-5-3-4-6-8-10-12-14-16-23-46(59)60;/h36,38,41-42H,3-35H2,1-2H3,(H,50,56)(H,51,57)(H,52,58)(H,59,60)(H,61,62)(H,63,64)(H,65,66);1H/t36-,38+,41-,42-;/m0./s1. The molecule has 0 saturated carbocycles. The van der Waals surface area contributed by atoms with E-state index in [1.54, 1.807) is 0 Å². The van der Waals surface area contributed by atoms with Gasteiger partial charge in [-0.2, -0.15) is 0 Å². The van der Waals surface area contributed by atoms with Gasteiger partial charge in [-0.1, -0.05) is 90.4 Å². The third kappa shape index (κ3) is 38.2. The summed E-state index contributed by atoms with van der Waals surface area (Å²) < 4.78 is 10.6. The first-order chi connectivity index (χ1) is 32.4. The molecule has 0 fully saturated rings. The summed E-state index contributed by atoms with van der Waals surface area (Å²) >= 11 is 0. The summed E-state index contributed by atoms with van der Waals surface area (Å²) in [6.07, 6.45) is 16.6. The highest BCUT2D eigenvalue weighted by Crippen LogP contribution is 2.17. The number of Topliss-reactive ketones (excluding diaryl/α,β-unsaturated/α-hetero) is 3. The van der Waals surface area contributed by atoms with E-state index in [2.05, 4.69) is 16.0 Å². The Bertz CT molecular complexity index is 1530.